The van der Waals surface area contributed by atoms with Crippen molar-refractivity contribution >= 4 is 27.5 Å². The van der Waals surface area contributed by atoms with Gasteiger partial charge in [0.25, 0.3) is 0 Å². The first-order chi connectivity index (χ1) is 10.4. The van der Waals surface area contributed by atoms with Crippen molar-refractivity contribution in [2.24, 2.45) is 0 Å². The molecule has 0 fully saturated rings. The lowest BCUT2D eigenvalue weighted by Gasteiger charge is -2.11. The molecule has 2 rings (SSSR count). The number of anilines is 2. The molecule has 0 spiro atoms. The third-order valence-corrected chi connectivity index (χ3v) is 4.00. The van der Waals surface area contributed by atoms with Crippen molar-refractivity contribution in [3.8, 4) is 5.75 Å². The SMILES string of the molecule is CNC(=O)Nc1ccc(OS(=O)(=O)c2ccccc2)cc1N. The largest absolute Gasteiger partial charge is 0.397 e. The van der Waals surface area contributed by atoms with E-state index in [0.29, 0.717) is 5.69 Å². The predicted octanol–water partition coefficient (Wildman–Crippen LogP) is 1.79. The fraction of sp³-hybridized carbons (Fsp3) is 0.0714. The van der Waals surface area contributed by atoms with Crippen molar-refractivity contribution in [2.75, 3.05) is 18.1 Å². The van der Waals surface area contributed by atoms with Crippen LogP contribution in [0, 0.1) is 0 Å². The van der Waals surface area contributed by atoms with E-state index in [1.54, 1.807) is 18.2 Å². The zero-order valence-corrected chi connectivity index (χ0v) is 12.6. The molecule has 0 bridgehead atoms. The van der Waals surface area contributed by atoms with Gasteiger partial charge in [0.05, 0.1) is 11.4 Å². The number of nitrogens with one attached hydrogen (secondary N) is 2. The van der Waals surface area contributed by atoms with Crippen LogP contribution in [0.4, 0.5) is 16.2 Å². The number of hydrogen-bond donors (Lipinski definition) is 3. The number of carbonyl (C=O) groups is 1. The molecule has 2 amide bonds. The predicted molar refractivity (Wildman–Crippen MR) is 83.2 cm³/mol. The molecule has 0 aliphatic carbocycles. The van der Waals surface area contributed by atoms with Crippen LogP contribution in [-0.4, -0.2) is 21.5 Å². The van der Waals surface area contributed by atoms with Crippen LogP contribution >= 0.6 is 0 Å². The summed E-state index contributed by atoms with van der Waals surface area (Å²) in [6.07, 6.45) is 0. The minimum Gasteiger partial charge on any atom is -0.397 e. The molecule has 2 aromatic carbocycles. The van der Waals surface area contributed by atoms with E-state index in [9.17, 15) is 13.2 Å². The number of urea groups is 1. The third-order valence-electron chi connectivity index (χ3n) is 2.74. The molecule has 116 valence electrons. The van der Waals surface area contributed by atoms with Crippen LogP contribution in [0.15, 0.2) is 53.4 Å². The summed E-state index contributed by atoms with van der Waals surface area (Å²) >= 11 is 0. The number of nitrogen functional groups attached to an aromatic ring is 1. The fourth-order valence-electron chi connectivity index (χ4n) is 1.65. The Kier molecular flexibility index (Phi) is 4.52. The quantitative estimate of drug-likeness (QED) is 0.587. The van der Waals surface area contributed by atoms with E-state index in [1.165, 1.54) is 37.4 Å². The topological polar surface area (TPSA) is 111 Å². The van der Waals surface area contributed by atoms with Gasteiger partial charge >= 0.3 is 16.1 Å². The summed E-state index contributed by atoms with van der Waals surface area (Å²) in [7, 11) is -2.46. The van der Waals surface area contributed by atoms with E-state index in [2.05, 4.69) is 10.6 Å². The second kappa shape index (κ2) is 6.35. The molecule has 0 saturated heterocycles. The molecule has 22 heavy (non-hydrogen) atoms. The van der Waals surface area contributed by atoms with Gasteiger partial charge in [0.2, 0.25) is 0 Å². The molecular formula is C14H15N3O4S. The Bertz CT molecular complexity index is 776. The zero-order valence-electron chi connectivity index (χ0n) is 11.7. The van der Waals surface area contributed by atoms with Gasteiger partial charge in [-0.15, -0.1) is 0 Å². The van der Waals surface area contributed by atoms with Crippen LogP contribution in [0.5, 0.6) is 5.75 Å². The summed E-state index contributed by atoms with van der Waals surface area (Å²) < 4.78 is 29.2. The fourth-order valence-corrected chi connectivity index (χ4v) is 2.60. The van der Waals surface area contributed by atoms with Gasteiger partial charge in [-0.05, 0) is 24.3 Å². The monoisotopic (exact) mass is 321 g/mol. The second-order valence-corrected chi connectivity index (χ2v) is 5.85. The Balaban J connectivity index is 2.21. The van der Waals surface area contributed by atoms with Crippen LogP contribution < -0.4 is 20.6 Å². The Morgan fingerprint density at radius 3 is 2.41 bits per heavy atom. The van der Waals surface area contributed by atoms with Crippen molar-refractivity contribution < 1.29 is 17.4 Å². The maximum absolute atomic E-state index is 12.1. The zero-order chi connectivity index (χ0) is 16.2. The molecular weight excluding hydrogens is 306 g/mol. The van der Waals surface area contributed by atoms with Gasteiger partial charge in [-0.2, -0.15) is 8.42 Å². The van der Waals surface area contributed by atoms with E-state index in [1.807, 2.05) is 0 Å². The number of rotatable bonds is 4. The summed E-state index contributed by atoms with van der Waals surface area (Å²) in [5, 5.41) is 4.88. The average molecular weight is 321 g/mol. The first kappa shape index (κ1) is 15.6. The van der Waals surface area contributed by atoms with Crippen LogP contribution in [0.2, 0.25) is 0 Å². The molecule has 2 aromatic rings. The smallest absolute Gasteiger partial charge is 0.339 e. The van der Waals surface area contributed by atoms with E-state index in [0.717, 1.165) is 0 Å². The summed E-state index contributed by atoms with van der Waals surface area (Å²) in [6, 6.07) is 11.5. The first-order valence-corrected chi connectivity index (χ1v) is 7.71. The summed E-state index contributed by atoms with van der Waals surface area (Å²) in [5.41, 5.74) is 6.30. The van der Waals surface area contributed by atoms with E-state index in [4.69, 9.17) is 9.92 Å². The molecule has 4 N–H and O–H groups in total. The Labute approximate surface area is 128 Å². The van der Waals surface area contributed by atoms with Crippen molar-refractivity contribution in [3.63, 3.8) is 0 Å². The molecule has 0 saturated carbocycles. The van der Waals surface area contributed by atoms with Gasteiger partial charge in [0, 0.05) is 13.1 Å². The number of amides is 2. The minimum atomic E-state index is -3.93. The second-order valence-electron chi connectivity index (χ2n) is 4.30. The summed E-state index contributed by atoms with van der Waals surface area (Å²) in [6.45, 7) is 0. The molecule has 0 aliphatic heterocycles. The first-order valence-electron chi connectivity index (χ1n) is 6.30. The molecule has 0 unspecified atom stereocenters. The van der Waals surface area contributed by atoms with Crippen molar-refractivity contribution in [3.05, 3.63) is 48.5 Å². The summed E-state index contributed by atoms with van der Waals surface area (Å²) in [4.78, 5) is 11.3. The number of carbonyl (C=O) groups excluding carboxylic acids is 1. The lowest BCUT2D eigenvalue weighted by Crippen LogP contribution is -2.24. The number of benzene rings is 2. The Morgan fingerprint density at radius 1 is 1.14 bits per heavy atom. The van der Waals surface area contributed by atoms with Crippen molar-refractivity contribution in [2.45, 2.75) is 4.90 Å². The van der Waals surface area contributed by atoms with E-state index >= 15 is 0 Å². The van der Waals surface area contributed by atoms with Gasteiger partial charge in [-0.1, -0.05) is 18.2 Å². The highest BCUT2D eigenvalue weighted by molar-refractivity contribution is 7.87. The molecule has 7 nitrogen and oxygen atoms in total. The van der Waals surface area contributed by atoms with Crippen LogP contribution in [-0.2, 0) is 10.1 Å². The van der Waals surface area contributed by atoms with Gasteiger partial charge < -0.3 is 20.6 Å². The normalized spacial score (nSPS) is 10.8. The van der Waals surface area contributed by atoms with Gasteiger partial charge in [0.15, 0.2) is 0 Å². The van der Waals surface area contributed by atoms with Gasteiger partial charge in [-0.3, -0.25) is 0 Å². The Morgan fingerprint density at radius 2 is 1.82 bits per heavy atom. The van der Waals surface area contributed by atoms with Crippen molar-refractivity contribution in [1.82, 2.24) is 5.32 Å². The van der Waals surface area contributed by atoms with Crippen molar-refractivity contribution in [1.29, 1.82) is 0 Å². The highest BCUT2D eigenvalue weighted by atomic mass is 32.2. The van der Waals surface area contributed by atoms with Crippen LogP contribution in [0.3, 0.4) is 0 Å². The Hall–Kier alpha value is -2.74. The molecule has 0 atom stereocenters. The van der Waals surface area contributed by atoms with E-state index < -0.39 is 16.1 Å². The van der Waals surface area contributed by atoms with Gasteiger partial charge in [-0.25, -0.2) is 4.79 Å². The lowest BCUT2D eigenvalue weighted by molar-refractivity contribution is 0.254. The molecule has 0 aliphatic rings. The number of hydrogen-bond acceptors (Lipinski definition) is 5. The van der Waals surface area contributed by atoms with E-state index in [-0.39, 0.29) is 16.3 Å². The average Bonchev–Trinajstić information content (AvgIpc) is 2.50. The third kappa shape index (κ3) is 3.67. The van der Waals surface area contributed by atoms with Crippen LogP contribution in [0.25, 0.3) is 0 Å². The molecule has 0 heterocycles. The minimum absolute atomic E-state index is 0.0427. The highest BCUT2D eigenvalue weighted by Crippen LogP contribution is 2.26. The molecule has 0 aromatic heterocycles. The van der Waals surface area contributed by atoms with Crippen LogP contribution in [0.1, 0.15) is 0 Å². The van der Waals surface area contributed by atoms with Gasteiger partial charge in [0.1, 0.15) is 10.6 Å². The highest BCUT2D eigenvalue weighted by Gasteiger charge is 2.16. The molecule has 8 heteroatoms. The molecule has 0 radical (unpaired) electrons. The maximum atomic E-state index is 12.1. The lowest BCUT2D eigenvalue weighted by atomic mass is 10.2. The maximum Gasteiger partial charge on any atom is 0.339 e. The standard InChI is InChI=1S/C14H15N3O4S/c1-16-14(18)17-13-8-7-10(9-12(13)15)21-22(19,20)11-5-3-2-4-6-11/h2-9H,15H2,1H3,(H2,16,17,18). The number of nitrogens with two attached hydrogens (primary N) is 1. The summed E-state index contributed by atoms with van der Waals surface area (Å²) in [5.74, 6) is 0.0591.